The average molecular weight is 300 g/mol. The van der Waals surface area contributed by atoms with E-state index in [1.807, 2.05) is 0 Å². The van der Waals surface area contributed by atoms with E-state index >= 15 is 0 Å². The minimum atomic E-state index is -0.753. The second kappa shape index (κ2) is 11.5. The molecule has 0 bridgehead atoms. The Labute approximate surface area is 128 Å². The molecule has 0 aliphatic heterocycles. The molecule has 0 heterocycles. The molecule has 0 aliphatic rings. The number of nitrogens with two attached hydrogens (primary N) is 1. The molecule has 0 aromatic carbocycles. The van der Waals surface area contributed by atoms with Crippen LogP contribution in [0.5, 0.6) is 0 Å². The largest absolute Gasteiger partial charge is 0.481 e. The van der Waals surface area contributed by atoms with E-state index in [1.54, 1.807) is 0 Å². The van der Waals surface area contributed by atoms with Crippen molar-refractivity contribution in [2.24, 2.45) is 23.5 Å². The van der Waals surface area contributed by atoms with Crippen LogP contribution in [-0.4, -0.2) is 30.1 Å². The van der Waals surface area contributed by atoms with Crippen molar-refractivity contribution >= 4 is 11.9 Å². The Morgan fingerprint density at radius 2 is 1.86 bits per heavy atom. The van der Waals surface area contributed by atoms with Gasteiger partial charge < -0.3 is 16.2 Å². The predicted octanol–water partition coefficient (Wildman–Crippen LogP) is 2.39. The van der Waals surface area contributed by atoms with E-state index in [0.717, 1.165) is 19.3 Å². The molecular formula is C16H32N2O3. The first kappa shape index (κ1) is 19.9. The number of carboxylic acid groups (broad SMARTS) is 1. The molecule has 0 aliphatic carbocycles. The third kappa shape index (κ3) is 11.3. The molecule has 0 rings (SSSR count). The standard InChI is InChI=1S/C16H32N2O3/c1-4-13(5-6-16(20)21)7-8-18-15(19)10-14(11-17)9-12(2)3/h12-14H,4-11,17H2,1-3H3,(H,18,19)(H,20,21). The molecule has 0 spiro atoms. The summed E-state index contributed by atoms with van der Waals surface area (Å²) in [5, 5.41) is 11.6. The zero-order valence-electron chi connectivity index (χ0n) is 13.7. The molecule has 0 saturated carbocycles. The lowest BCUT2D eigenvalue weighted by Crippen LogP contribution is -2.30. The molecule has 5 nitrogen and oxygen atoms in total. The molecule has 0 aromatic heterocycles. The molecular weight excluding hydrogens is 268 g/mol. The molecule has 1 amide bonds. The molecule has 0 saturated heterocycles. The Kier molecular flexibility index (Phi) is 10.9. The fraction of sp³-hybridized carbons (Fsp3) is 0.875. The lowest BCUT2D eigenvalue weighted by molar-refractivity contribution is -0.137. The van der Waals surface area contributed by atoms with Gasteiger partial charge in [0, 0.05) is 19.4 Å². The highest BCUT2D eigenvalue weighted by Gasteiger charge is 2.14. The van der Waals surface area contributed by atoms with Crippen LogP contribution in [0.3, 0.4) is 0 Å². The van der Waals surface area contributed by atoms with Crippen LogP contribution in [0, 0.1) is 17.8 Å². The summed E-state index contributed by atoms with van der Waals surface area (Å²) in [5.41, 5.74) is 5.70. The van der Waals surface area contributed by atoms with Crippen LogP contribution in [0.4, 0.5) is 0 Å². The number of aliphatic carboxylic acids is 1. The third-order valence-corrected chi connectivity index (χ3v) is 3.83. The van der Waals surface area contributed by atoms with Crippen molar-refractivity contribution in [2.75, 3.05) is 13.1 Å². The van der Waals surface area contributed by atoms with E-state index in [0.29, 0.717) is 37.8 Å². The number of rotatable bonds is 12. The summed E-state index contributed by atoms with van der Waals surface area (Å²) < 4.78 is 0. The van der Waals surface area contributed by atoms with Crippen LogP contribution in [0.2, 0.25) is 0 Å². The second-order valence-corrected chi connectivity index (χ2v) is 6.28. The summed E-state index contributed by atoms with van der Waals surface area (Å²) in [6.45, 7) is 7.49. The highest BCUT2D eigenvalue weighted by molar-refractivity contribution is 5.76. The molecule has 2 unspecified atom stereocenters. The van der Waals surface area contributed by atoms with E-state index in [1.165, 1.54) is 0 Å². The average Bonchev–Trinajstić information content (AvgIpc) is 2.40. The van der Waals surface area contributed by atoms with Crippen LogP contribution in [0.15, 0.2) is 0 Å². The summed E-state index contributed by atoms with van der Waals surface area (Å²) >= 11 is 0. The number of nitrogens with one attached hydrogen (secondary N) is 1. The van der Waals surface area contributed by atoms with Gasteiger partial charge in [0.15, 0.2) is 0 Å². The minimum absolute atomic E-state index is 0.0548. The summed E-state index contributed by atoms with van der Waals surface area (Å²) in [7, 11) is 0. The highest BCUT2D eigenvalue weighted by atomic mass is 16.4. The third-order valence-electron chi connectivity index (χ3n) is 3.83. The van der Waals surface area contributed by atoms with Crippen molar-refractivity contribution in [3.8, 4) is 0 Å². The van der Waals surface area contributed by atoms with Crippen LogP contribution in [0.1, 0.15) is 59.3 Å². The van der Waals surface area contributed by atoms with Crippen molar-refractivity contribution in [2.45, 2.75) is 59.3 Å². The van der Waals surface area contributed by atoms with Gasteiger partial charge in [0.1, 0.15) is 0 Å². The van der Waals surface area contributed by atoms with Gasteiger partial charge in [-0.25, -0.2) is 0 Å². The number of carbonyl (C=O) groups is 2. The number of carboxylic acids is 1. The van der Waals surface area contributed by atoms with Crippen molar-refractivity contribution in [3.63, 3.8) is 0 Å². The number of hydrogen-bond donors (Lipinski definition) is 3. The molecule has 0 radical (unpaired) electrons. The van der Waals surface area contributed by atoms with E-state index < -0.39 is 5.97 Å². The van der Waals surface area contributed by atoms with Gasteiger partial charge in [-0.15, -0.1) is 0 Å². The minimum Gasteiger partial charge on any atom is -0.481 e. The normalized spacial score (nSPS) is 14.0. The van der Waals surface area contributed by atoms with Crippen molar-refractivity contribution < 1.29 is 14.7 Å². The van der Waals surface area contributed by atoms with Crippen LogP contribution in [-0.2, 0) is 9.59 Å². The van der Waals surface area contributed by atoms with Gasteiger partial charge in [-0.2, -0.15) is 0 Å². The number of hydrogen-bond acceptors (Lipinski definition) is 3. The van der Waals surface area contributed by atoms with Gasteiger partial charge in [-0.05, 0) is 43.6 Å². The van der Waals surface area contributed by atoms with E-state index in [2.05, 4.69) is 26.1 Å². The highest BCUT2D eigenvalue weighted by Crippen LogP contribution is 2.16. The lowest BCUT2D eigenvalue weighted by Gasteiger charge is -2.18. The fourth-order valence-electron chi connectivity index (χ4n) is 2.56. The summed E-state index contributed by atoms with van der Waals surface area (Å²) in [5.74, 6) is 0.462. The van der Waals surface area contributed by atoms with Crippen molar-refractivity contribution in [3.05, 3.63) is 0 Å². The molecule has 5 heteroatoms. The van der Waals surface area contributed by atoms with Crippen LogP contribution in [0.25, 0.3) is 0 Å². The smallest absolute Gasteiger partial charge is 0.303 e. The predicted molar refractivity (Wildman–Crippen MR) is 84.9 cm³/mol. The fourth-order valence-corrected chi connectivity index (χ4v) is 2.56. The van der Waals surface area contributed by atoms with Gasteiger partial charge in [0.05, 0.1) is 0 Å². The summed E-state index contributed by atoms with van der Waals surface area (Å²) in [4.78, 5) is 22.4. The second-order valence-electron chi connectivity index (χ2n) is 6.28. The molecule has 4 N–H and O–H groups in total. The molecule has 124 valence electrons. The van der Waals surface area contributed by atoms with Gasteiger partial charge >= 0.3 is 5.97 Å². The summed E-state index contributed by atoms with van der Waals surface area (Å²) in [6, 6.07) is 0. The zero-order chi connectivity index (χ0) is 16.3. The SMILES string of the molecule is CCC(CCNC(=O)CC(CN)CC(C)C)CCC(=O)O. The van der Waals surface area contributed by atoms with Crippen LogP contribution < -0.4 is 11.1 Å². The molecule has 0 aromatic rings. The Morgan fingerprint density at radius 3 is 2.33 bits per heavy atom. The first-order valence-corrected chi connectivity index (χ1v) is 8.07. The van der Waals surface area contributed by atoms with Crippen molar-refractivity contribution in [1.82, 2.24) is 5.32 Å². The van der Waals surface area contributed by atoms with Crippen LogP contribution >= 0.6 is 0 Å². The summed E-state index contributed by atoms with van der Waals surface area (Å²) in [6.07, 6.45) is 4.13. The Morgan fingerprint density at radius 1 is 1.19 bits per heavy atom. The maximum absolute atomic E-state index is 11.9. The number of amides is 1. The van der Waals surface area contributed by atoms with Gasteiger partial charge in [0.2, 0.25) is 5.91 Å². The maximum atomic E-state index is 11.9. The number of carbonyl (C=O) groups excluding carboxylic acids is 1. The quantitative estimate of drug-likeness (QED) is 0.516. The topological polar surface area (TPSA) is 92.4 Å². The monoisotopic (exact) mass is 300 g/mol. The van der Waals surface area contributed by atoms with E-state index in [4.69, 9.17) is 10.8 Å². The van der Waals surface area contributed by atoms with E-state index in [9.17, 15) is 9.59 Å². The van der Waals surface area contributed by atoms with Gasteiger partial charge in [0.25, 0.3) is 0 Å². The van der Waals surface area contributed by atoms with Gasteiger partial charge in [-0.3, -0.25) is 9.59 Å². The zero-order valence-corrected chi connectivity index (χ0v) is 13.7. The van der Waals surface area contributed by atoms with Crippen molar-refractivity contribution in [1.29, 1.82) is 0 Å². The Bertz CT molecular complexity index is 306. The molecule has 0 fully saturated rings. The van der Waals surface area contributed by atoms with E-state index in [-0.39, 0.29) is 18.2 Å². The molecule has 2 atom stereocenters. The Hall–Kier alpha value is -1.10. The maximum Gasteiger partial charge on any atom is 0.303 e. The Balaban J connectivity index is 3.92. The first-order chi connectivity index (χ1) is 9.88. The first-order valence-electron chi connectivity index (χ1n) is 8.07. The lowest BCUT2D eigenvalue weighted by atomic mass is 9.93. The molecule has 21 heavy (non-hydrogen) atoms. The van der Waals surface area contributed by atoms with Gasteiger partial charge in [-0.1, -0.05) is 27.2 Å².